The lowest BCUT2D eigenvalue weighted by atomic mass is 9.89. The molecule has 0 unspecified atom stereocenters. The summed E-state index contributed by atoms with van der Waals surface area (Å²) >= 11 is 0. The summed E-state index contributed by atoms with van der Waals surface area (Å²) in [4.78, 5) is 27.3. The second-order valence-electron chi connectivity index (χ2n) is 13.2. The van der Waals surface area contributed by atoms with Crippen LogP contribution >= 0.6 is 0 Å². The molecule has 1 fully saturated rings. The first-order valence-electron chi connectivity index (χ1n) is 17.4. The Labute approximate surface area is 300 Å². The van der Waals surface area contributed by atoms with E-state index in [1.807, 2.05) is 123 Å². The summed E-state index contributed by atoms with van der Waals surface area (Å²) in [5.41, 5.74) is 5.26. The van der Waals surface area contributed by atoms with Crippen molar-refractivity contribution >= 4 is 12.0 Å². The molecule has 1 saturated heterocycles. The first-order chi connectivity index (χ1) is 24.7. The number of likely N-dealkylation sites (N-methyl/N-ethyl adjacent to an activating group) is 1. The van der Waals surface area contributed by atoms with E-state index in [-0.39, 0.29) is 37.3 Å². The predicted octanol–water partition coefficient (Wildman–Crippen LogP) is 5.61. The maximum Gasteiger partial charge on any atom is 0.328 e. The Morgan fingerprint density at radius 2 is 1.45 bits per heavy atom. The molecule has 5 rings (SSSR count). The van der Waals surface area contributed by atoms with Gasteiger partial charge in [-0.25, -0.2) is 9.59 Å². The van der Waals surface area contributed by atoms with Crippen LogP contribution in [-0.2, 0) is 38.6 Å². The van der Waals surface area contributed by atoms with Gasteiger partial charge in [0.1, 0.15) is 6.04 Å². The lowest BCUT2D eigenvalue weighted by Crippen LogP contribution is -2.47. The van der Waals surface area contributed by atoms with Crippen molar-refractivity contribution in [3.8, 4) is 0 Å². The highest BCUT2D eigenvalue weighted by atomic mass is 16.7. The number of carbonyl (C=O) groups is 2. The van der Waals surface area contributed by atoms with Crippen LogP contribution < -0.4 is 10.6 Å². The van der Waals surface area contributed by atoms with Crippen molar-refractivity contribution in [1.29, 1.82) is 0 Å². The Hall–Kier alpha value is -4.58. The maximum atomic E-state index is 12.8. The van der Waals surface area contributed by atoms with E-state index < -0.39 is 30.4 Å². The molecule has 4 N–H and O–H groups in total. The molecule has 4 aromatic rings. The molecular weight excluding hydrogens is 646 g/mol. The molecule has 51 heavy (non-hydrogen) atoms. The molecule has 270 valence electrons. The number of nitrogens with one attached hydrogen (secondary N) is 2. The number of aliphatic hydroxyl groups excluding tert-OH is 2. The number of ether oxygens (including phenoxy) is 3. The summed E-state index contributed by atoms with van der Waals surface area (Å²) in [6, 6.07) is 33.1. The second-order valence-corrected chi connectivity index (χ2v) is 13.2. The number of urea groups is 1. The highest BCUT2D eigenvalue weighted by Crippen LogP contribution is 2.42. The third-order valence-electron chi connectivity index (χ3n) is 9.66. The van der Waals surface area contributed by atoms with Gasteiger partial charge >= 0.3 is 12.0 Å². The molecule has 0 saturated carbocycles. The van der Waals surface area contributed by atoms with Gasteiger partial charge < -0.3 is 35.1 Å². The number of esters is 1. The van der Waals surface area contributed by atoms with Crippen LogP contribution in [0.1, 0.15) is 65.7 Å². The highest BCUT2D eigenvalue weighted by molar-refractivity contribution is 5.83. The minimum Gasteiger partial charge on any atom is -0.467 e. The van der Waals surface area contributed by atoms with Crippen molar-refractivity contribution in [3.05, 3.63) is 143 Å². The van der Waals surface area contributed by atoms with Crippen molar-refractivity contribution < 1.29 is 34.0 Å². The average molecular weight is 696 g/mol. The number of hydrogen-bond acceptors (Lipinski definition) is 8. The van der Waals surface area contributed by atoms with Crippen LogP contribution in [0.2, 0.25) is 0 Å². The van der Waals surface area contributed by atoms with Gasteiger partial charge in [0.25, 0.3) is 0 Å². The van der Waals surface area contributed by atoms with Crippen LogP contribution in [-0.4, -0.2) is 66.0 Å². The standard InChI is InChI=1S/C41H49N3O7/c1-27-36(25-44(3)28(2)37(46)32-13-9-6-10-14-32)50-40(51-38(27)33-19-17-31(26-45)18-20-33)34-21-15-30(16-22-34)24-42-41(48)43-35(39(47)49-4)23-29-11-7-5-8-12-29/h5-22,27-28,35-38,40,45-46H,23-26H2,1-4H3,(H2,42,43,48)/t27-,28-,35+,36+,37-,38+,40+/m1/s1. The largest absolute Gasteiger partial charge is 0.467 e. The molecular formula is C41H49N3O7. The Morgan fingerprint density at radius 3 is 2.08 bits per heavy atom. The molecule has 0 bridgehead atoms. The van der Waals surface area contributed by atoms with Gasteiger partial charge in [-0.2, -0.15) is 0 Å². The molecule has 0 spiro atoms. The van der Waals surface area contributed by atoms with E-state index in [9.17, 15) is 19.8 Å². The van der Waals surface area contributed by atoms with E-state index in [0.717, 1.165) is 33.4 Å². The van der Waals surface area contributed by atoms with Crippen LogP contribution in [0.3, 0.4) is 0 Å². The fourth-order valence-electron chi connectivity index (χ4n) is 6.32. The Kier molecular flexibility index (Phi) is 13.3. The number of carbonyl (C=O) groups excluding carboxylic acids is 2. The SMILES string of the molecule is COC(=O)[C@H](Cc1ccccc1)NC(=O)NCc1ccc([C@H]2O[C@@H](CN(C)[C@H](C)[C@@H](O)c3ccccc3)[C@@H](C)[C@@H](c3ccc(CO)cc3)O2)cc1. The maximum absolute atomic E-state index is 12.8. The zero-order chi connectivity index (χ0) is 36.3. The molecule has 4 aromatic carbocycles. The Bertz CT molecular complexity index is 1670. The fourth-order valence-corrected chi connectivity index (χ4v) is 6.32. The van der Waals surface area contributed by atoms with E-state index in [1.54, 1.807) is 0 Å². The predicted molar refractivity (Wildman–Crippen MR) is 194 cm³/mol. The summed E-state index contributed by atoms with van der Waals surface area (Å²) in [5.74, 6) is -0.545. The van der Waals surface area contributed by atoms with Gasteiger partial charge in [-0.05, 0) is 41.8 Å². The van der Waals surface area contributed by atoms with Crippen LogP contribution in [0.5, 0.6) is 0 Å². The van der Waals surface area contributed by atoms with E-state index in [2.05, 4.69) is 22.5 Å². The Morgan fingerprint density at radius 1 is 0.843 bits per heavy atom. The summed E-state index contributed by atoms with van der Waals surface area (Å²) in [5, 5.41) is 26.3. The first kappa shape index (κ1) is 37.7. The molecule has 1 aliphatic rings. The van der Waals surface area contributed by atoms with Crippen molar-refractivity contribution in [2.75, 3.05) is 20.7 Å². The summed E-state index contributed by atoms with van der Waals surface area (Å²) in [6.45, 7) is 4.89. The van der Waals surface area contributed by atoms with E-state index >= 15 is 0 Å². The van der Waals surface area contributed by atoms with Crippen molar-refractivity contribution in [2.45, 2.75) is 70.1 Å². The number of nitrogens with zero attached hydrogens (tertiary/aromatic N) is 1. The van der Waals surface area contributed by atoms with Gasteiger partial charge in [0.15, 0.2) is 6.29 Å². The van der Waals surface area contributed by atoms with Gasteiger partial charge in [0.05, 0.1) is 32.0 Å². The number of aliphatic hydroxyl groups is 2. The topological polar surface area (TPSA) is 130 Å². The zero-order valence-electron chi connectivity index (χ0n) is 29.6. The molecule has 2 amide bonds. The fraction of sp³-hybridized carbons (Fsp3) is 0.366. The first-order valence-corrected chi connectivity index (χ1v) is 17.4. The second kappa shape index (κ2) is 18.1. The van der Waals surface area contributed by atoms with Gasteiger partial charge in [-0.15, -0.1) is 0 Å². The number of amides is 2. The lowest BCUT2D eigenvalue weighted by Gasteiger charge is -2.43. The summed E-state index contributed by atoms with van der Waals surface area (Å²) in [6.07, 6.45) is -1.53. The average Bonchev–Trinajstić information content (AvgIpc) is 3.17. The minimum absolute atomic E-state index is 0.0255. The summed E-state index contributed by atoms with van der Waals surface area (Å²) in [7, 11) is 3.30. The third kappa shape index (κ3) is 10.0. The number of rotatable bonds is 14. The summed E-state index contributed by atoms with van der Waals surface area (Å²) < 4.78 is 18.2. The van der Waals surface area contributed by atoms with Gasteiger partial charge in [-0.3, -0.25) is 4.90 Å². The minimum atomic E-state index is -0.827. The smallest absolute Gasteiger partial charge is 0.328 e. The van der Waals surface area contributed by atoms with Crippen LogP contribution in [0, 0.1) is 5.92 Å². The zero-order valence-corrected chi connectivity index (χ0v) is 29.6. The van der Waals surface area contributed by atoms with Crippen LogP contribution in [0.15, 0.2) is 109 Å². The number of hydrogen-bond donors (Lipinski definition) is 4. The number of methoxy groups -OCH3 is 1. The lowest BCUT2D eigenvalue weighted by molar-refractivity contribution is -0.276. The molecule has 0 aromatic heterocycles. The quantitative estimate of drug-likeness (QED) is 0.125. The number of benzene rings is 4. The molecule has 7 atom stereocenters. The monoisotopic (exact) mass is 695 g/mol. The van der Waals surface area contributed by atoms with Gasteiger partial charge in [0.2, 0.25) is 0 Å². The molecule has 0 radical (unpaired) electrons. The third-order valence-corrected chi connectivity index (χ3v) is 9.66. The van der Waals surface area contributed by atoms with Crippen molar-refractivity contribution in [1.82, 2.24) is 15.5 Å². The molecule has 10 nitrogen and oxygen atoms in total. The van der Waals surface area contributed by atoms with Crippen LogP contribution in [0.4, 0.5) is 4.79 Å². The van der Waals surface area contributed by atoms with Crippen molar-refractivity contribution in [2.24, 2.45) is 5.92 Å². The van der Waals surface area contributed by atoms with Gasteiger partial charge in [-0.1, -0.05) is 116 Å². The molecule has 1 heterocycles. The van der Waals surface area contributed by atoms with Crippen LogP contribution in [0.25, 0.3) is 0 Å². The van der Waals surface area contributed by atoms with Crippen molar-refractivity contribution in [3.63, 3.8) is 0 Å². The van der Waals surface area contributed by atoms with E-state index in [4.69, 9.17) is 14.2 Å². The molecule has 0 aliphatic carbocycles. The molecule has 10 heteroatoms. The van der Waals surface area contributed by atoms with E-state index in [0.29, 0.717) is 13.0 Å². The molecule has 1 aliphatic heterocycles. The van der Waals surface area contributed by atoms with Gasteiger partial charge in [0, 0.05) is 37.0 Å². The van der Waals surface area contributed by atoms with E-state index in [1.165, 1.54) is 7.11 Å². The normalized spacial score (nSPS) is 20.6. The Balaban J connectivity index is 1.26. The highest BCUT2D eigenvalue weighted by Gasteiger charge is 2.39.